The lowest BCUT2D eigenvalue weighted by molar-refractivity contribution is -0.130. The maximum Gasteiger partial charge on any atom is 0.254 e. The Morgan fingerprint density at radius 3 is 2.61 bits per heavy atom. The number of hydrogen-bond acceptors (Lipinski definition) is 2. The van der Waals surface area contributed by atoms with Gasteiger partial charge in [0.15, 0.2) is 0 Å². The molecule has 2 aromatic carbocycles. The number of aryl methyl sites for hydroxylation is 1. The van der Waals surface area contributed by atoms with Crippen LogP contribution in [0.3, 0.4) is 0 Å². The van der Waals surface area contributed by atoms with Gasteiger partial charge in [-0.3, -0.25) is 9.59 Å². The first-order valence-electron chi connectivity index (χ1n) is 11.3. The van der Waals surface area contributed by atoms with E-state index in [0.717, 1.165) is 43.4 Å². The van der Waals surface area contributed by atoms with Gasteiger partial charge < -0.3 is 9.80 Å². The van der Waals surface area contributed by atoms with E-state index in [1.54, 1.807) is 0 Å². The summed E-state index contributed by atoms with van der Waals surface area (Å²) < 4.78 is 0. The highest BCUT2D eigenvalue weighted by molar-refractivity contribution is 6.18. The third-order valence-electron chi connectivity index (χ3n) is 6.92. The van der Waals surface area contributed by atoms with E-state index in [0.29, 0.717) is 25.4 Å². The van der Waals surface area contributed by atoms with Gasteiger partial charge in [0, 0.05) is 43.4 Å². The Bertz CT molecular complexity index is 932. The van der Waals surface area contributed by atoms with E-state index < -0.39 is 0 Å². The minimum Gasteiger partial charge on any atom is -0.340 e. The number of carbonyl (C=O) groups excluding carboxylic acids is 2. The first-order valence-corrected chi connectivity index (χ1v) is 11.9. The second-order valence-electron chi connectivity index (χ2n) is 8.92. The van der Waals surface area contributed by atoms with Crippen LogP contribution < -0.4 is 0 Å². The summed E-state index contributed by atoms with van der Waals surface area (Å²) in [6, 6.07) is 18.3. The van der Waals surface area contributed by atoms with Crippen LogP contribution in [0.4, 0.5) is 0 Å². The molecule has 4 rings (SSSR count). The van der Waals surface area contributed by atoms with Gasteiger partial charge in [0.1, 0.15) is 0 Å². The third-order valence-corrected chi connectivity index (χ3v) is 7.11. The smallest absolute Gasteiger partial charge is 0.254 e. The van der Waals surface area contributed by atoms with Crippen molar-refractivity contribution >= 4 is 23.4 Å². The molecule has 2 heterocycles. The molecule has 0 saturated carbocycles. The lowest BCUT2D eigenvalue weighted by Crippen LogP contribution is -2.56. The van der Waals surface area contributed by atoms with Crippen LogP contribution in [0.15, 0.2) is 54.6 Å². The predicted molar refractivity (Wildman–Crippen MR) is 125 cm³/mol. The number of carbonyl (C=O) groups is 2. The normalized spacial score (nSPS) is 23.7. The van der Waals surface area contributed by atoms with Crippen molar-refractivity contribution in [2.75, 3.05) is 25.5 Å². The number of hydrogen-bond donors (Lipinski definition) is 0. The van der Waals surface area contributed by atoms with Crippen LogP contribution in [0.5, 0.6) is 0 Å². The Labute approximate surface area is 190 Å². The highest BCUT2D eigenvalue weighted by Gasteiger charge is 2.53. The number of nitrogens with zero attached hydrogens (tertiary/aromatic N) is 2. The van der Waals surface area contributed by atoms with Crippen molar-refractivity contribution in [3.05, 3.63) is 71.3 Å². The first-order chi connectivity index (χ1) is 15.0. The molecule has 2 amide bonds. The van der Waals surface area contributed by atoms with Crippen LogP contribution in [-0.4, -0.2) is 52.7 Å². The van der Waals surface area contributed by atoms with Crippen LogP contribution in [0.2, 0.25) is 0 Å². The summed E-state index contributed by atoms with van der Waals surface area (Å²) >= 11 is 5.89. The SMILES string of the molecule is Cc1cccc(C(=O)N2CCCCC[C@]23CN(C(=O)CCCl)C[C@H]3c2ccccc2)c1. The number of likely N-dealkylation sites (tertiary alicyclic amines) is 2. The van der Waals surface area contributed by atoms with Gasteiger partial charge in [0.2, 0.25) is 5.91 Å². The van der Waals surface area contributed by atoms with E-state index in [2.05, 4.69) is 29.2 Å². The van der Waals surface area contributed by atoms with Gasteiger partial charge in [0.05, 0.1) is 5.54 Å². The fourth-order valence-electron chi connectivity index (χ4n) is 5.43. The zero-order chi connectivity index (χ0) is 21.8. The number of amides is 2. The molecule has 0 bridgehead atoms. The van der Waals surface area contributed by atoms with Crippen molar-refractivity contribution in [1.82, 2.24) is 9.80 Å². The van der Waals surface area contributed by atoms with Gasteiger partial charge >= 0.3 is 0 Å². The molecule has 0 N–H and O–H groups in total. The molecule has 4 nitrogen and oxygen atoms in total. The Kier molecular flexibility index (Phi) is 6.66. The van der Waals surface area contributed by atoms with Crippen molar-refractivity contribution in [3.63, 3.8) is 0 Å². The molecule has 0 unspecified atom stereocenters. The maximum absolute atomic E-state index is 13.8. The molecule has 2 atom stereocenters. The van der Waals surface area contributed by atoms with E-state index in [9.17, 15) is 9.59 Å². The molecule has 2 saturated heterocycles. The molecule has 31 heavy (non-hydrogen) atoms. The minimum atomic E-state index is -0.388. The van der Waals surface area contributed by atoms with Crippen molar-refractivity contribution in [3.8, 4) is 0 Å². The summed E-state index contributed by atoms with van der Waals surface area (Å²) in [5.41, 5.74) is 2.63. The van der Waals surface area contributed by atoms with Gasteiger partial charge in [0.25, 0.3) is 5.91 Å². The van der Waals surface area contributed by atoms with Gasteiger partial charge in [-0.1, -0.05) is 60.9 Å². The molecule has 5 heteroatoms. The van der Waals surface area contributed by atoms with E-state index >= 15 is 0 Å². The van der Waals surface area contributed by atoms with Crippen LogP contribution >= 0.6 is 11.6 Å². The van der Waals surface area contributed by atoms with Crippen molar-refractivity contribution < 1.29 is 9.59 Å². The molecule has 164 valence electrons. The van der Waals surface area contributed by atoms with E-state index in [4.69, 9.17) is 11.6 Å². The average Bonchev–Trinajstić information content (AvgIpc) is 3.04. The standard InChI is InChI=1S/C26H31ClN2O2/c1-20-9-8-12-22(17-20)25(31)29-16-7-3-6-14-26(29)19-28(24(30)13-15-27)18-23(26)21-10-4-2-5-11-21/h2,4-5,8-12,17,23H,3,6-7,13-16,18-19H2,1H3/t23-,26+/m0/s1. The fourth-order valence-corrected chi connectivity index (χ4v) is 5.59. The molecule has 2 aliphatic heterocycles. The number of alkyl halides is 1. The summed E-state index contributed by atoms with van der Waals surface area (Å²) in [6.07, 6.45) is 4.42. The fraction of sp³-hybridized carbons (Fsp3) is 0.462. The quantitative estimate of drug-likeness (QED) is 0.630. The zero-order valence-corrected chi connectivity index (χ0v) is 19.0. The molecular weight excluding hydrogens is 408 g/mol. The zero-order valence-electron chi connectivity index (χ0n) is 18.2. The van der Waals surface area contributed by atoms with Crippen LogP contribution in [-0.2, 0) is 4.79 Å². The second-order valence-corrected chi connectivity index (χ2v) is 9.29. The average molecular weight is 439 g/mol. The summed E-state index contributed by atoms with van der Waals surface area (Å²) in [5, 5.41) is 0. The van der Waals surface area contributed by atoms with Gasteiger partial charge in [-0.25, -0.2) is 0 Å². The molecule has 1 spiro atoms. The molecule has 2 aliphatic rings. The van der Waals surface area contributed by atoms with E-state index in [1.165, 1.54) is 5.56 Å². The topological polar surface area (TPSA) is 40.6 Å². The van der Waals surface area contributed by atoms with Gasteiger partial charge in [-0.2, -0.15) is 0 Å². The predicted octanol–water partition coefficient (Wildman–Crippen LogP) is 5.00. The van der Waals surface area contributed by atoms with Crippen LogP contribution in [0.1, 0.15) is 59.5 Å². The van der Waals surface area contributed by atoms with Crippen molar-refractivity contribution in [2.45, 2.75) is 50.5 Å². The van der Waals surface area contributed by atoms with Crippen molar-refractivity contribution in [1.29, 1.82) is 0 Å². The summed E-state index contributed by atoms with van der Waals surface area (Å²) in [5.74, 6) is 0.586. The van der Waals surface area contributed by atoms with E-state index in [-0.39, 0.29) is 23.3 Å². The molecule has 0 aliphatic carbocycles. The lowest BCUT2D eigenvalue weighted by Gasteiger charge is -2.44. The Balaban J connectivity index is 1.78. The van der Waals surface area contributed by atoms with E-state index in [1.807, 2.05) is 42.2 Å². The van der Waals surface area contributed by atoms with Crippen LogP contribution in [0, 0.1) is 6.92 Å². The highest BCUT2D eigenvalue weighted by atomic mass is 35.5. The number of rotatable bonds is 4. The summed E-state index contributed by atoms with van der Waals surface area (Å²) in [7, 11) is 0. The van der Waals surface area contributed by atoms with Gasteiger partial charge in [-0.05, 0) is 37.5 Å². The maximum atomic E-state index is 13.8. The Morgan fingerprint density at radius 2 is 1.87 bits per heavy atom. The molecule has 0 radical (unpaired) electrons. The number of halogens is 1. The first kappa shape index (κ1) is 21.9. The van der Waals surface area contributed by atoms with Crippen molar-refractivity contribution in [2.24, 2.45) is 0 Å². The summed E-state index contributed by atoms with van der Waals surface area (Å²) in [4.78, 5) is 30.8. The second kappa shape index (κ2) is 9.44. The lowest BCUT2D eigenvalue weighted by atomic mass is 9.77. The summed E-state index contributed by atoms with van der Waals surface area (Å²) in [6.45, 7) is 3.97. The largest absolute Gasteiger partial charge is 0.340 e. The van der Waals surface area contributed by atoms with Crippen LogP contribution in [0.25, 0.3) is 0 Å². The highest BCUT2D eigenvalue weighted by Crippen LogP contribution is 2.46. The molecule has 0 aromatic heterocycles. The minimum absolute atomic E-state index is 0.0816. The molecule has 2 aromatic rings. The number of benzene rings is 2. The Hall–Kier alpha value is -2.33. The van der Waals surface area contributed by atoms with Gasteiger partial charge in [-0.15, -0.1) is 11.6 Å². The molecule has 2 fully saturated rings. The Morgan fingerprint density at radius 1 is 1.06 bits per heavy atom. The monoisotopic (exact) mass is 438 g/mol. The third kappa shape index (κ3) is 4.36. The molecular formula is C26H31ClN2O2.